The topological polar surface area (TPSA) is 38.5 Å². The van der Waals surface area contributed by atoms with E-state index in [2.05, 4.69) is 18.7 Å². The molecule has 1 fully saturated rings. The van der Waals surface area contributed by atoms with Crippen molar-refractivity contribution in [2.75, 3.05) is 32.8 Å². The Morgan fingerprint density at radius 2 is 1.75 bits per heavy atom. The van der Waals surface area contributed by atoms with E-state index >= 15 is 0 Å². The molecule has 0 heterocycles. The van der Waals surface area contributed by atoms with Crippen LogP contribution >= 0.6 is 0 Å². The summed E-state index contributed by atoms with van der Waals surface area (Å²) in [5.41, 5.74) is 6.28. The molecule has 0 saturated heterocycles. The normalized spacial score (nSPS) is 20.2. The third kappa shape index (κ3) is 4.81. The van der Waals surface area contributed by atoms with Gasteiger partial charge in [-0.25, -0.2) is 0 Å². The molecule has 0 aromatic heterocycles. The largest absolute Gasteiger partial charge is 0.378 e. The molecule has 0 unspecified atom stereocenters. The number of ether oxygens (including phenoxy) is 1. The van der Waals surface area contributed by atoms with Crippen LogP contribution in [-0.2, 0) is 4.74 Å². The number of hydrogen-bond donors (Lipinski definition) is 1. The Bertz CT molecular complexity index is 175. The standard InChI is InChI=1S/C13H28N2O/c1-3-15(4-2)10-11-16-12-13(14)8-6-5-7-9-13/h3-12,14H2,1-2H3. The highest BCUT2D eigenvalue weighted by atomic mass is 16.5. The first-order chi connectivity index (χ1) is 7.70. The fraction of sp³-hybridized carbons (Fsp3) is 1.00. The van der Waals surface area contributed by atoms with Crippen LogP contribution in [0.25, 0.3) is 0 Å². The Labute approximate surface area is 100 Å². The molecule has 3 nitrogen and oxygen atoms in total. The van der Waals surface area contributed by atoms with Crippen LogP contribution < -0.4 is 5.73 Å². The van der Waals surface area contributed by atoms with Crippen molar-refractivity contribution >= 4 is 0 Å². The van der Waals surface area contributed by atoms with Crippen LogP contribution in [0.15, 0.2) is 0 Å². The number of rotatable bonds is 7. The molecular formula is C13H28N2O. The van der Waals surface area contributed by atoms with Crippen LogP contribution in [0.1, 0.15) is 46.0 Å². The van der Waals surface area contributed by atoms with Crippen LogP contribution in [-0.4, -0.2) is 43.3 Å². The van der Waals surface area contributed by atoms with Gasteiger partial charge in [-0.1, -0.05) is 33.1 Å². The van der Waals surface area contributed by atoms with Crippen molar-refractivity contribution in [3.05, 3.63) is 0 Å². The maximum absolute atomic E-state index is 6.30. The lowest BCUT2D eigenvalue weighted by atomic mass is 9.83. The van der Waals surface area contributed by atoms with E-state index in [-0.39, 0.29) is 5.54 Å². The quantitative estimate of drug-likeness (QED) is 0.677. The summed E-state index contributed by atoms with van der Waals surface area (Å²) in [6, 6.07) is 0. The fourth-order valence-corrected chi connectivity index (χ4v) is 2.41. The third-order valence-corrected chi connectivity index (χ3v) is 3.69. The average Bonchev–Trinajstić information content (AvgIpc) is 2.30. The van der Waals surface area contributed by atoms with Crippen LogP contribution in [0.4, 0.5) is 0 Å². The van der Waals surface area contributed by atoms with Gasteiger partial charge in [0.15, 0.2) is 0 Å². The van der Waals surface area contributed by atoms with Crippen LogP contribution in [0, 0.1) is 0 Å². The van der Waals surface area contributed by atoms with Crippen molar-refractivity contribution in [1.29, 1.82) is 0 Å². The van der Waals surface area contributed by atoms with Gasteiger partial charge in [-0.05, 0) is 25.9 Å². The Kier molecular flexibility index (Phi) is 6.32. The predicted octanol–water partition coefficient (Wildman–Crippen LogP) is 2.01. The van der Waals surface area contributed by atoms with Gasteiger partial charge in [0.25, 0.3) is 0 Å². The van der Waals surface area contributed by atoms with E-state index in [9.17, 15) is 0 Å². The second kappa shape index (κ2) is 7.25. The first-order valence-corrected chi connectivity index (χ1v) is 6.79. The van der Waals surface area contributed by atoms with Crippen molar-refractivity contribution in [2.45, 2.75) is 51.5 Å². The van der Waals surface area contributed by atoms with Crippen LogP contribution in [0.2, 0.25) is 0 Å². The van der Waals surface area contributed by atoms with Crippen molar-refractivity contribution < 1.29 is 4.74 Å². The molecule has 0 radical (unpaired) electrons. The molecule has 0 atom stereocenters. The highest BCUT2D eigenvalue weighted by Gasteiger charge is 2.27. The average molecular weight is 228 g/mol. The van der Waals surface area contributed by atoms with Gasteiger partial charge in [-0.15, -0.1) is 0 Å². The summed E-state index contributed by atoms with van der Waals surface area (Å²) in [4.78, 5) is 2.38. The van der Waals surface area contributed by atoms with Gasteiger partial charge >= 0.3 is 0 Å². The summed E-state index contributed by atoms with van der Waals surface area (Å²) in [6.07, 6.45) is 6.17. The van der Waals surface area contributed by atoms with E-state index in [0.29, 0.717) is 0 Å². The summed E-state index contributed by atoms with van der Waals surface area (Å²) in [5.74, 6) is 0. The molecular weight excluding hydrogens is 200 g/mol. The lowest BCUT2D eigenvalue weighted by molar-refractivity contribution is 0.0544. The molecule has 0 bridgehead atoms. The van der Waals surface area contributed by atoms with Gasteiger partial charge in [0, 0.05) is 12.1 Å². The lowest BCUT2D eigenvalue weighted by Gasteiger charge is -2.33. The Morgan fingerprint density at radius 3 is 2.31 bits per heavy atom. The number of nitrogens with zero attached hydrogens (tertiary/aromatic N) is 1. The summed E-state index contributed by atoms with van der Waals surface area (Å²) in [5, 5.41) is 0. The minimum Gasteiger partial charge on any atom is -0.378 e. The second-order valence-corrected chi connectivity index (χ2v) is 5.00. The smallest absolute Gasteiger partial charge is 0.0646 e. The number of hydrogen-bond acceptors (Lipinski definition) is 3. The second-order valence-electron chi connectivity index (χ2n) is 5.00. The Morgan fingerprint density at radius 1 is 1.12 bits per heavy atom. The molecule has 1 rings (SSSR count). The minimum absolute atomic E-state index is 0.0263. The van der Waals surface area contributed by atoms with Gasteiger partial charge in [0.1, 0.15) is 0 Å². The fourth-order valence-electron chi connectivity index (χ4n) is 2.41. The molecule has 0 aliphatic heterocycles. The Hall–Kier alpha value is -0.120. The zero-order valence-corrected chi connectivity index (χ0v) is 11.0. The van der Waals surface area contributed by atoms with E-state index in [1.54, 1.807) is 0 Å². The number of nitrogens with two attached hydrogens (primary N) is 1. The zero-order chi connectivity index (χ0) is 11.9. The molecule has 1 saturated carbocycles. The summed E-state index contributed by atoms with van der Waals surface area (Å²) < 4.78 is 5.74. The molecule has 1 aliphatic carbocycles. The predicted molar refractivity (Wildman–Crippen MR) is 68.6 cm³/mol. The van der Waals surface area contributed by atoms with E-state index in [1.807, 2.05) is 0 Å². The van der Waals surface area contributed by atoms with Gasteiger partial charge < -0.3 is 15.4 Å². The first-order valence-electron chi connectivity index (χ1n) is 6.79. The SMILES string of the molecule is CCN(CC)CCOCC1(N)CCCCC1. The van der Waals surface area contributed by atoms with Gasteiger partial charge in [0.2, 0.25) is 0 Å². The van der Waals surface area contributed by atoms with E-state index in [4.69, 9.17) is 10.5 Å². The molecule has 16 heavy (non-hydrogen) atoms. The maximum Gasteiger partial charge on any atom is 0.0646 e. The van der Waals surface area contributed by atoms with E-state index in [0.717, 1.165) is 45.7 Å². The lowest BCUT2D eigenvalue weighted by Crippen LogP contribution is -2.46. The molecule has 96 valence electrons. The molecule has 0 amide bonds. The first kappa shape index (κ1) is 13.9. The Balaban J connectivity index is 2.09. The third-order valence-electron chi connectivity index (χ3n) is 3.69. The van der Waals surface area contributed by atoms with Crippen molar-refractivity contribution in [2.24, 2.45) is 5.73 Å². The molecule has 1 aliphatic rings. The highest BCUT2D eigenvalue weighted by molar-refractivity contribution is 4.86. The van der Waals surface area contributed by atoms with E-state index in [1.165, 1.54) is 19.3 Å². The molecule has 0 aromatic carbocycles. The minimum atomic E-state index is -0.0263. The van der Waals surface area contributed by atoms with Gasteiger partial charge in [0.05, 0.1) is 13.2 Å². The molecule has 0 aromatic rings. The monoisotopic (exact) mass is 228 g/mol. The number of likely N-dealkylation sites (N-methyl/N-ethyl adjacent to an activating group) is 1. The van der Waals surface area contributed by atoms with Gasteiger partial charge in [-0.2, -0.15) is 0 Å². The van der Waals surface area contributed by atoms with Crippen molar-refractivity contribution in [3.8, 4) is 0 Å². The van der Waals surface area contributed by atoms with Crippen LogP contribution in [0.5, 0.6) is 0 Å². The zero-order valence-electron chi connectivity index (χ0n) is 11.0. The van der Waals surface area contributed by atoms with Crippen molar-refractivity contribution in [1.82, 2.24) is 4.90 Å². The molecule has 0 spiro atoms. The molecule has 3 heteroatoms. The summed E-state index contributed by atoms with van der Waals surface area (Å²) in [6.45, 7) is 9.18. The van der Waals surface area contributed by atoms with Crippen LogP contribution in [0.3, 0.4) is 0 Å². The molecule has 2 N–H and O–H groups in total. The van der Waals surface area contributed by atoms with E-state index < -0.39 is 0 Å². The summed E-state index contributed by atoms with van der Waals surface area (Å²) in [7, 11) is 0. The van der Waals surface area contributed by atoms with Gasteiger partial charge in [-0.3, -0.25) is 0 Å². The highest BCUT2D eigenvalue weighted by Crippen LogP contribution is 2.25. The summed E-state index contributed by atoms with van der Waals surface area (Å²) >= 11 is 0. The maximum atomic E-state index is 6.30. The van der Waals surface area contributed by atoms with Crippen molar-refractivity contribution in [3.63, 3.8) is 0 Å².